The van der Waals surface area contributed by atoms with Crippen LogP contribution in [-0.2, 0) is 11.3 Å². The maximum atomic E-state index is 11.9. The van der Waals surface area contributed by atoms with Crippen molar-refractivity contribution < 1.29 is 14.7 Å². The number of carboxylic acids is 1. The van der Waals surface area contributed by atoms with E-state index in [0.29, 0.717) is 5.92 Å². The quantitative estimate of drug-likeness (QED) is 0.639. The van der Waals surface area contributed by atoms with E-state index in [-0.39, 0.29) is 12.5 Å². The Balaban J connectivity index is 1.84. The first kappa shape index (κ1) is 17.1. The van der Waals surface area contributed by atoms with Crippen molar-refractivity contribution in [2.45, 2.75) is 51.2 Å². The van der Waals surface area contributed by atoms with E-state index in [0.717, 1.165) is 12.1 Å². The summed E-state index contributed by atoms with van der Waals surface area (Å²) >= 11 is 0. The largest absolute Gasteiger partial charge is 0.480 e. The van der Waals surface area contributed by atoms with Gasteiger partial charge in [-0.05, 0) is 32.1 Å². The Morgan fingerprint density at radius 1 is 1.52 bits per heavy atom. The van der Waals surface area contributed by atoms with Crippen molar-refractivity contribution in [3.8, 4) is 0 Å². The predicted octanol–water partition coefficient (Wildman–Crippen LogP) is 2.07. The number of hydrogen-bond donors (Lipinski definition) is 3. The van der Waals surface area contributed by atoms with Gasteiger partial charge in [-0.2, -0.15) is 5.10 Å². The lowest BCUT2D eigenvalue weighted by atomic mass is 9.85. The molecule has 0 aliphatic heterocycles. The zero-order valence-electron chi connectivity index (χ0n) is 13.4. The van der Waals surface area contributed by atoms with Crippen LogP contribution in [0.4, 0.5) is 4.79 Å². The van der Waals surface area contributed by atoms with Crippen molar-refractivity contribution in [2.24, 2.45) is 5.92 Å². The number of urea groups is 1. The highest BCUT2D eigenvalue weighted by Crippen LogP contribution is 2.27. The number of rotatable bonds is 8. The average Bonchev–Trinajstić information content (AvgIpc) is 2.91. The number of hydrogen-bond acceptors (Lipinski definition) is 3. The molecule has 0 spiro atoms. The minimum absolute atomic E-state index is 0.177. The van der Waals surface area contributed by atoms with Crippen LogP contribution in [0, 0.1) is 5.92 Å². The van der Waals surface area contributed by atoms with E-state index >= 15 is 0 Å². The number of aromatic nitrogens is 2. The normalized spacial score (nSPS) is 16.9. The molecule has 3 N–H and O–H groups in total. The van der Waals surface area contributed by atoms with Crippen LogP contribution in [0.15, 0.2) is 25.0 Å². The molecule has 23 heavy (non-hydrogen) atoms. The summed E-state index contributed by atoms with van der Waals surface area (Å²) in [4.78, 5) is 22.9. The van der Waals surface area contributed by atoms with Gasteiger partial charge in [0.2, 0.25) is 0 Å². The van der Waals surface area contributed by atoms with Gasteiger partial charge in [-0.25, -0.2) is 9.59 Å². The van der Waals surface area contributed by atoms with Crippen LogP contribution in [0.1, 0.15) is 44.2 Å². The summed E-state index contributed by atoms with van der Waals surface area (Å²) in [6.45, 7) is 6.25. The van der Waals surface area contributed by atoms with Crippen LogP contribution < -0.4 is 10.6 Å². The molecule has 1 aromatic heterocycles. The molecule has 0 bridgehead atoms. The molecule has 1 fully saturated rings. The lowest BCUT2D eigenvalue weighted by Gasteiger charge is -2.24. The molecule has 126 valence electrons. The van der Waals surface area contributed by atoms with E-state index < -0.39 is 18.0 Å². The second-order valence-corrected chi connectivity index (χ2v) is 6.05. The zero-order chi connectivity index (χ0) is 16.8. The monoisotopic (exact) mass is 320 g/mol. The van der Waals surface area contributed by atoms with Crippen molar-refractivity contribution in [3.63, 3.8) is 0 Å². The van der Waals surface area contributed by atoms with Gasteiger partial charge in [0.25, 0.3) is 0 Å². The van der Waals surface area contributed by atoms with Gasteiger partial charge in [0.05, 0.1) is 12.2 Å². The molecule has 2 rings (SSSR count). The van der Waals surface area contributed by atoms with Crippen LogP contribution in [0.25, 0.3) is 0 Å². The topological polar surface area (TPSA) is 96.3 Å². The van der Waals surface area contributed by atoms with Gasteiger partial charge < -0.3 is 15.7 Å². The number of carbonyl (C=O) groups excluding carboxylic acids is 1. The van der Waals surface area contributed by atoms with Crippen molar-refractivity contribution in [1.29, 1.82) is 0 Å². The second-order valence-electron chi connectivity index (χ2n) is 6.05. The van der Waals surface area contributed by atoms with Gasteiger partial charge >= 0.3 is 12.0 Å². The number of nitrogens with one attached hydrogen (secondary N) is 2. The zero-order valence-corrected chi connectivity index (χ0v) is 13.4. The SMILES string of the molecule is C=CCC(NC(=O)NC(C)c1cnn(CC2CCC2)c1)C(=O)O. The van der Waals surface area contributed by atoms with E-state index in [1.54, 1.807) is 6.20 Å². The van der Waals surface area contributed by atoms with E-state index in [2.05, 4.69) is 22.3 Å². The lowest BCUT2D eigenvalue weighted by Crippen LogP contribution is -2.46. The Bertz CT molecular complexity index is 565. The van der Waals surface area contributed by atoms with Gasteiger partial charge in [0, 0.05) is 18.3 Å². The molecule has 2 atom stereocenters. The molecule has 7 heteroatoms. The molecule has 1 heterocycles. The minimum Gasteiger partial charge on any atom is -0.480 e. The first-order valence-electron chi connectivity index (χ1n) is 7.92. The Hall–Kier alpha value is -2.31. The summed E-state index contributed by atoms with van der Waals surface area (Å²) in [5, 5.41) is 18.5. The van der Waals surface area contributed by atoms with Crippen LogP contribution in [0.5, 0.6) is 0 Å². The Kier molecular flexibility index (Phi) is 5.78. The Labute approximate surface area is 135 Å². The molecular formula is C16H24N4O3. The first-order chi connectivity index (χ1) is 11.0. The molecule has 7 nitrogen and oxygen atoms in total. The second kappa shape index (κ2) is 7.80. The first-order valence-corrected chi connectivity index (χ1v) is 7.92. The average molecular weight is 320 g/mol. The summed E-state index contributed by atoms with van der Waals surface area (Å²) in [5.41, 5.74) is 0.898. The van der Waals surface area contributed by atoms with Crippen LogP contribution in [0.2, 0.25) is 0 Å². The van der Waals surface area contributed by atoms with Gasteiger partial charge in [-0.1, -0.05) is 12.5 Å². The third kappa shape index (κ3) is 4.84. The van der Waals surface area contributed by atoms with Gasteiger partial charge in [0.15, 0.2) is 0 Å². The van der Waals surface area contributed by atoms with E-state index in [1.165, 1.54) is 25.3 Å². The fourth-order valence-electron chi connectivity index (χ4n) is 2.51. The lowest BCUT2D eigenvalue weighted by molar-refractivity contribution is -0.139. The van der Waals surface area contributed by atoms with Crippen molar-refractivity contribution in [1.82, 2.24) is 20.4 Å². The van der Waals surface area contributed by atoms with E-state index in [9.17, 15) is 9.59 Å². The van der Waals surface area contributed by atoms with Crippen LogP contribution in [0.3, 0.4) is 0 Å². The molecule has 0 aromatic carbocycles. The summed E-state index contributed by atoms with van der Waals surface area (Å²) in [6.07, 6.45) is 9.12. The maximum absolute atomic E-state index is 11.9. The molecular weight excluding hydrogens is 296 g/mol. The summed E-state index contributed by atoms with van der Waals surface area (Å²) in [6, 6.07) is -1.73. The minimum atomic E-state index is -1.08. The molecule has 2 unspecified atom stereocenters. The number of amides is 2. The molecule has 1 saturated carbocycles. The van der Waals surface area contributed by atoms with E-state index in [1.807, 2.05) is 17.8 Å². The highest BCUT2D eigenvalue weighted by atomic mass is 16.4. The summed E-state index contributed by atoms with van der Waals surface area (Å²) < 4.78 is 1.91. The molecule has 1 aliphatic rings. The predicted molar refractivity (Wildman–Crippen MR) is 85.9 cm³/mol. The highest BCUT2D eigenvalue weighted by Gasteiger charge is 2.21. The highest BCUT2D eigenvalue weighted by molar-refractivity contribution is 5.82. The van der Waals surface area contributed by atoms with Crippen molar-refractivity contribution in [2.75, 3.05) is 0 Å². The standard InChI is InChI=1S/C16H24N4O3/c1-3-5-14(15(21)22)19-16(23)18-11(2)13-8-17-20(10-13)9-12-6-4-7-12/h3,8,10-12,14H,1,4-7,9H2,2H3,(H,21,22)(H2,18,19,23). The number of carboxylic acid groups (broad SMARTS) is 1. The Morgan fingerprint density at radius 3 is 2.83 bits per heavy atom. The van der Waals surface area contributed by atoms with Gasteiger partial charge in [-0.3, -0.25) is 4.68 Å². The van der Waals surface area contributed by atoms with Crippen molar-refractivity contribution >= 4 is 12.0 Å². The fraction of sp³-hybridized carbons (Fsp3) is 0.562. The molecule has 0 saturated heterocycles. The number of nitrogens with zero attached hydrogens (tertiary/aromatic N) is 2. The summed E-state index contributed by atoms with van der Waals surface area (Å²) in [5.74, 6) is -0.370. The molecule has 1 aromatic rings. The number of aliphatic carboxylic acids is 1. The summed E-state index contributed by atoms with van der Waals surface area (Å²) in [7, 11) is 0. The molecule has 1 aliphatic carbocycles. The van der Waals surface area contributed by atoms with Gasteiger partial charge in [0.1, 0.15) is 6.04 Å². The smallest absolute Gasteiger partial charge is 0.326 e. The molecule has 2 amide bonds. The Morgan fingerprint density at radius 2 is 2.26 bits per heavy atom. The van der Waals surface area contributed by atoms with E-state index in [4.69, 9.17) is 5.11 Å². The van der Waals surface area contributed by atoms with Gasteiger partial charge in [-0.15, -0.1) is 6.58 Å². The maximum Gasteiger partial charge on any atom is 0.326 e. The molecule has 0 radical (unpaired) electrons. The number of carbonyl (C=O) groups is 2. The fourth-order valence-corrected chi connectivity index (χ4v) is 2.51. The third-order valence-electron chi connectivity index (χ3n) is 4.18. The van der Waals surface area contributed by atoms with Crippen LogP contribution >= 0.6 is 0 Å². The third-order valence-corrected chi connectivity index (χ3v) is 4.18. The van der Waals surface area contributed by atoms with Crippen LogP contribution in [-0.4, -0.2) is 32.9 Å². The van der Waals surface area contributed by atoms with Crippen molar-refractivity contribution in [3.05, 3.63) is 30.6 Å².